The van der Waals surface area contributed by atoms with Gasteiger partial charge in [-0.25, -0.2) is 15.0 Å². The Bertz CT molecular complexity index is 1110. The van der Waals surface area contributed by atoms with E-state index in [1.165, 1.54) is 16.7 Å². The standard InChI is InChI=1S/C15H17N3.C14H22O2.Ni/c1-10-8-11(2)14(12(3)9-10)18-13(4)15-16-6-5-7-17-15;1-13(2,3)9-7-8-10(14(4,5)6)12(16)11(9)15;/h5-9H,1-4H3;7-8,15-16H,1-6H3;/q;;+2/p-2. The minimum absolute atomic E-state index is 0. The molecule has 2 aromatic carbocycles. The van der Waals surface area contributed by atoms with Crippen molar-refractivity contribution in [1.29, 1.82) is 0 Å². The monoisotopic (exact) mass is 517 g/mol. The summed E-state index contributed by atoms with van der Waals surface area (Å²) in [7, 11) is 0. The van der Waals surface area contributed by atoms with Crippen molar-refractivity contribution in [1.82, 2.24) is 9.97 Å². The molecule has 190 valence electrons. The SMILES string of the molecule is CC(=Nc1c(C)cc(C)cc1C)c1ncccn1.CC(C)(C)c1ccc(C(C)(C)C)c([O-])c1[O-].[Ni+2]. The molecule has 0 fully saturated rings. The first-order valence-corrected chi connectivity index (χ1v) is 11.6. The Kier molecular flexibility index (Phi) is 10.2. The van der Waals surface area contributed by atoms with Crippen molar-refractivity contribution in [3.05, 3.63) is 76.4 Å². The third-order valence-corrected chi connectivity index (χ3v) is 5.53. The molecule has 0 spiro atoms. The normalized spacial score (nSPS) is 11.9. The Morgan fingerprint density at radius 3 is 1.54 bits per heavy atom. The summed E-state index contributed by atoms with van der Waals surface area (Å²) in [4.78, 5) is 13.1. The fourth-order valence-corrected chi connectivity index (χ4v) is 3.80. The molecule has 0 aliphatic carbocycles. The van der Waals surface area contributed by atoms with E-state index < -0.39 is 0 Å². The minimum Gasteiger partial charge on any atom is -0.873 e. The van der Waals surface area contributed by atoms with Gasteiger partial charge in [0.25, 0.3) is 0 Å². The van der Waals surface area contributed by atoms with Crippen molar-refractivity contribution in [3.63, 3.8) is 0 Å². The Hall–Kier alpha value is -2.72. The van der Waals surface area contributed by atoms with Gasteiger partial charge < -0.3 is 10.2 Å². The smallest absolute Gasteiger partial charge is 0.873 e. The molecular weight excluding hydrogens is 481 g/mol. The summed E-state index contributed by atoms with van der Waals surface area (Å²) in [6, 6.07) is 9.68. The van der Waals surface area contributed by atoms with Gasteiger partial charge in [0.05, 0.1) is 11.4 Å². The van der Waals surface area contributed by atoms with Crippen LogP contribution in [-0.4, -0.2) is 15.7 Å². The Morgan fingerprint density at radius 2 is 1.17 bits per heavy atom. The molecule has 3 aromatic rings. The summed E-state index contributed by atoms with van der Waals surface area (Å²) in [6.07, 6.45) is 3.46. The summed E-state index contributed by atoms with van der Waals surface area (Å²) in [5.74, 6) is -0.0169. The number of benzene rings is 2. The fraction of sp³-hybridized carbons (Fsp3) is 0.414. The van der Waals surface area contributed by atoms with E-state index in [0.29, 0.717) is 17.0 Å². The summed E-state index contributed by atoms with van der Waals surface area (Å²) in [5, 5.41) is 23.9. The van der Waals surface area contributed by atoms with Gasteiger partial charge in [0.2, 0.25) is 0 Å². The number of aliphatic imine (C=N–C) groups is 1. The molecule has 0 bridgehead atoms. The summed E-state index contributed by atoms with van der Waals surface area (Å²) in [6.45, 7) is 19.9. The van der Waals surface area contributed by atoms with Crippen LogP contribution in [0.5, 0.6) is 11.5 Å². The van der Waals surface area contributed by atoms with Gasteiger partial charge in [0.15, 0.2) is 5.82 Å². The molecule has 0 saturated carbocycles. The van der Waals surface area contributed by atoms with Crippen LogP contribution in [-0.2, 0) is 27.3 Å². The van der Waals surface area contributed by atoms with Gasteiger partial charge in [-0.1, -0.05) is 82.5 Å². The zero-order chi connectivity index (χ0) is 25.8. The predicted molar refractivity (Wildman–Crippen MR) is 137 cm³/mol. The van der Waals surface area contributed by atoms with Crippen LogP contribution in [0.3, 0.4) is 0 Å². The maximum atomic E-state index is 12.0. The number of rotatable bonds is 2. The first-order valence-electron chi connectivity index (χ1n) is 11.6. The van der Waals surface area contributed by atoms with E-state index >= 15 is 0 Å². The van der Waals surface area contributed by atoms with E-state index in [-0.39, 0.29) is 38.8 Å². The predicted octanol–water partition coefficient (Wildman–Crippen LogP) is 5.97. The number of hydrogen-bond donors (Lipinski definition) is 0. The van der Waals surface area contributed by atoms with Gasteiger partial charge in [0, 0.05) is 12.4 Å². The van der Waals surface area contributed by atoms with E-state index in [1.807, 2.05) is 48.5 Å². The molecule has 0 aliphatic rings. The molecule has 5 nitrogen and oxygen atoms in total. The van der Waals surface area contributed by atoms with Crippen LogP contribution in [0.1, 0.15) is 82.1 Å². The largest absolute Gasteiger partial charge is 2.00 e. The average molecular weight is 518 g/mol. The van der Waals surface area contributed by atoms with Crippen LogP contribution in [0.2, 0.25) is 0 Å². The van der Waals surface area contributed by atoms with E-state index in [1.54, 1.807) is 30.6 Å². The van der Waals surface area contributed by atoms with Gasteiger partial charge in [-0.2, -0.15) is 0 Å². The van der Waals surface area contributed by atoms with Crippen LogP contribution < -0.4 is 10.2 Å². The van der Waals surface area contributed by atoms with E-state index in [9.17, 15) is 10.2 Å². The number of aryl methyl sites for hydroxylation is 3. The van der Waals surface area contributed by atoms with Crippen molar-refractivity contribution < 1.29 is 26.7 Å². The van der Waals surface area contributed by atoms with Crippen LogP contribution in [0.25, 0.3) is 0 Å². The molecular formula is C29H37N3NiO2. The van der Waals surface area contributed by atoms with Crippen molar-refractivity contribution in [2.75, 3.05) is 0 Å². The Morgan fingerprint density at radius 1 is 0.771 bits per heavy atom. The quantitative estimate of drug-likeness (QED) is 0.309. The second-order valence-electron chi connectivity index (χ2n) is 10.8. The minimum atomic E-state index is -0.347. The zero-order valence-electron chi connectivity index (χ0n) is 22.5. The molecule has 0 aliphatic heterocycles. The number of aromatic nitrogens is 2. The second-order valence-corrected chi connectivity index (χ2v) is 10.8. The molecule has 6 heteroatoms. The first-order chi connectivity index (χ1) is 15.6. The third kappa shape index (κ3) is 7.90. The van der Waals surface area contributed by atoms with Crippen molar-refractivity contribution >= 4 is 11.4 Å². The van der Waals surface area contributed by atoms with Gasteiger partial charge in [-0.3, -0.25) is 0 Å². The Balaban J connectivity index is 0.000000343. The molecule has 0 N–H and O–H groups in total. The number of hydrogen-bond acceptors (Lipinski definition) is 5. The average Bonchev–Trinajstić information content (AvgIpc) is 2.71. The van der Waals surface area contributed by atoms with E-state index in [0.717, 1.165) is 11.4 Å². The third-order valence-electron chi connectivity index (χ3n) is 5.53. The van der Waals surface area contributed by atoms with Crippen molar-refractivity contribution in [3.8, 4) is 11.5 Å². The van der Waals surface area contributed by atoms with Gasteiger partial charge in [-0.05, 0) is 55.7 Å². The van der Waals surface area contributed by atoms with Crippen molar-refractivity contribution in [2.45, 2.75) is 80.1 Å². The molecule has 0 atom stereocenters. The summed E-state index contributed by atoms with van der Waals surface area (Å²) >= 11 is 0. The molecule has 35 heavy (non-hydrogen) atoms. The molecule has 0 radical (unpaired) electrons. The number of nitrogens with zero attached hydrogens (tertiary/aromatic N) is 3. The molecule has 0 amide bonds. The van der Waals surface area contributed by atoms with Crippen LogP contribution in [0, 0.1) is 20.8 Å². The van der Waals surface area contributed by atoms with Crippen LogP contribution in [0.15, 0.2) is 47.7 Å². The van der Waals surface area contributed by atoms with Crippen LogP contribution in [0.4, 0.5) is 5.69 Å². The zero-order valence-corrected chi connectivity index (χ0v) is 23.5. The van der Waals surface area contributed by atoms with E-state index in [4.69, 9.17) is 0 Å². The van der Waals surface area contributed by atoms with Gasteiger partial charge >= 0.3 is 16.5 Å². The Labute approximate surface area is 220 Å². The maximum absolute atomic E-state index is 12.0. The van der Waals surface area contributed by atoms with E-state index in [2.05, 4.69) is 47.9 Å². The summed E-state index contributed by atoms with van der Waals surface area (Å²) in [5.41, 5.74) is 6.15. The second kappa shape index (κ2) is 11.8. The van der Waals surface area contributed by atoms with Gasteiger partial charge in [-0.15, -0.1) is 11.5 Å². The molecule has 1 aromatic heterocycles. The molecule has 0 saturated heterocycles. The topological polar surface area (TPSA) is 84.3 Å². The van der Waals surface area contributed by atoms with Crippen molar-refractivity contribution in [2.24, 2.45) is 4.99 Å². The first kappa shape index (κ1) is 30.3. The fourth-order valence-electron chi connectivity index (χ4n) is 3.80. The van der Waals surface area contributed by atoms with Crippen LogP contribution >= 0.6 is 0 Å². The molecule has 3 rings (SSSR count). The van der Waals surface area contributed by atoms with Gasteiger partial charge in [0.1, 0.15) is 0 Å². The molecule has 1 heterocycles. The maximum Gasteiger partial charge on any atom is 2.00 e. The summed E-state index contributed by atoms with van der Waals surface area (Å²) < 4.78 is 0. The molecule has 0 unspecified atom stereocenters.